The van der Waals surface area contributed by atoms with E-state index >= 15 is 0 Å². The summed E-state index contributed by atoms with van der Waals surface area (Å²) in [6, 6.07) is 7.36. The molecule has 1 N–H and O–H groups in total. The summed E-state index contributed by atoms with van der Waals surface area (Å²) in [7, 11) is 0. The summed E-state index contributed by atoms with van der Waals surface area (Å²) in [6.45, 7) is 0.705. The van der Waals surface area contributed by atoms with Crippen molar-refractivity contribution in [2.24, 2.45) is 5.92 Å². The van der Waals surface area contributed by atoms with Gasteiger partial charge in [-0.25, -0.2) is 4.98 Å². The molecule has 4 rings (SSSR count). The maximum absolute atomic E-state index is 12.6. The van der Waals surface area contributed by atoms with E-state index < -0.39 is 0 Å². The molecule has 0 radical (unpaired) electrons. The Labute approximate surface area is 144 Å². The fraction of sp³-hybridized carbons (Fsp3) is 0.389. The number of hydrogen-bond acceptors (Lipinski definition) is 4. The van der Waals surface area contributed by atoms with Crippen molar-refractivity contribution in [1.82, 2.24) is 9.88 Å². The summed E-state index contributed by atoms with van der Waals surface area (Å²) in [5.74, 6) is 0.242. The van der Waals surface area contributed by atoms with Gasteiger partial charge in [-0.3, -0.25) is 9.59 Å². The topological polar surface area (TPSA) is 62.3 Å². The van der Waals surface area contributed by atoms with Gasteiger partial charge >= 0.3 is 0 Å². The minimum absolute atomic E-state index is 0.0801. The monoisotopic (exact) mass is 341 g/mol. The highest BCUT2D eigenvalue weighted by Gasteiger charge is 2.40. The van der Waals surface area contributed by atoms with Crippen molar-refractivity contribution in [2.45, 2.75) is 31.7 Å². The number of amides is 2. The summed E-state index contributed by atoms with van der Waals surface area (Å²) in [5.41, 5.74) is 1.79. The van der Waals surface area contributed by atoms with E-state index in [9.17, 15) is 9.59 Å². The van der Waals surface area contributed by atoms with Gasteiger partial charge in [-0.05, 0) is 49.9 Å². The molecule has 5 nitrogen and oxygen atoms in total. The molecule has 6 heteroatoms. The van der Waals surface area contributed by atoms with Crippen LogP contribution in [0.1, 0.15) is 25.7 Å². The number of likely N-dealkylation sites (tertiary alicyclic amines) is 1. The van der Waals surface area contributed by atoms with Crippen LogP contribution in [0.2, 0.25) is 0 Å². The van der Waals surface area contributed by atoms with Gasteiger partial charge in [0.2, 0.25) is 11.8 Å². The molecule has 2 aromatic rings. The van der Waals surface area contributed by atoms with E-state index in [0.717, 1.165) is 41.9 Å². The van der Waals surface area contributed by atoms with E-state index in [4.69, 9.17) is 0 Å². The largest absolute Gasteiger partial charge is 0.330 e. The summed E-state index contributed by atoms with van der Waals surface area (Å²) >= 11 is 1.59. The molecule has 24 heavy (non-hydrogen) atoms. The van der Waals surface area contributed by atoms with Gasteiger partial charge < -0.3 is 10.2 Å². The predicted molar refractivity (Wildman–Crippen MR) is 93.6 cm³/mol. The lowest BCUT2D eigenvalue weighted by Crippen LogP contribution is -2.43. The number of carbonyl (C=O) groups is 2. The Morgan fingerprint density at radius 1 is 1.17 bits per heavy atom. The highest BCUT2D eigenvalue weighted by molar-refractivity contribution is 7.13. The van der Waals surface area contributed by atoms with E-state index in [2.05, 4.69) is 10.3 Å². The highest BCUT2D eigenvalue weighted by Crippen LogP contribution is 2.34. The van der Waals surface area contributed by atoms with E-state index in [1.165, 1.54) is 0 Å². The summed E-state index contributed by atoms with van der Waals surface area (Å²) < 4.78 is 0. The van der Waals surface area contributed by atoms with Crippen LogP contribution in [-0.4, -0.2) is 34.3 Å². The number of aromatic nitrogens is 1. The second kappa shape index (κ2) is 6.36. The first-order chi connectivity index (χ1) is 11.7. The molecule has 1 aliphatic carbocycles. The minimum atomic E-state index is -0.322. The summed E-state index contributed by atoms with van der Waals surface area (Å²) in [6.07, 6.45) is 5.38. The second-order valence-electron chi connectivity index (χ2n) is 6.37. The average molecular weight is 341 g/mol. The van der Waals surface area contributed by atoms with Crippen LogP contribution in [0.25, 0.3) is 10.6 Å². The summed E-state index contributed by atoms with van der Waals surface area (Å²) in [4.78, 5) is 30.9. The molecular formula is C18H19N3O2S. The zero-order valence-corrected chi connectivity index (χ0v) is 14.1. The lowest BCUT2D eigenvalue weighted by molar-refractivity contribution is -0.137. The van der Waals surface area contributed by atoms with Crippen LogP contribution in [0.3, 0.4) is 0 Å². The predicted octanol–water partition coefficient (Wildman–Crippen LogP) is 3.15. The Bertz CT molecular complexity index is 738. The third kappa shape index (κ3) is 3.06. The van der Waals surface area contributed by atoms with Crippen LogP contribution in [0.4, 0.5) is 5.69 Å². The van der Waals surface area contributed by atoms with Crippen LogP contribution in [-0.2, 0) is 9.59 Å². The van der Waals surface area contributed by atoms with Crippen molar-refractivity contribution in [1.29, 1.82) is 0 Å². The van der Waals surface area contributed by atoms with Gasteiger partial charge in [0, 0.05) is 35.3 Å². The molecule has 0 bridgehead atoms. The first-order valence-electron chi connectivity index (χ1n) is 8.33. The van der Waals surface area contributed by atoms with Crippen LogP contribution in [0, 0.1) is 5.92 Å². The van der Waals surface area contributed by atoms with Crippen molar-refractivity contribution >= 4 is 28.8 Å². The number of nitrogens with one attached hydrogen (secondary N) is 1. The van der Waals surface area contributed by atoms with Gasteiger partial charge in [-0.1, -0.05) is 0 Å². The van der Waals surface area contributed by atoms with Crippen molar-refractivity contribution < 1.29 is 9.59 Å². The SMILES string of the molecule is O=C(Nc1ccc(-c2nccs2)cc1)C1CCCN1C(=O)C1CC1. The number of nitrogens with zero attached hydrogens (tertiary/aromatic N) is 2. The van der Waals surface area contributed by atoms with Gasteiger partial charge in [-0.2, -0.15) is 0 Å². The Kier molecular flexibility index (Phi) is 4.06. The standard InChI is InChI=1S/C18H19N3O2S/c22-16(15-2-1-10-21(15)18(23)13-3-4-13)20-14-7-5-12(6-8-14)17-19-9-11-24-17/h5-9,11,13,15H,1-4,10H2,(H,20,22). The molecule has 1 aromatic carbocycles. The fourth-order valence-electron chi connectivity index (χ4n) is 3.16. The van der Waals surface area contributed by atoms with Crippen LogP contribution in [0.15, 0.2) is 35.8 Å². The number of thiazole rings is 1. The van der Waals surface area contributed by atoms with Crippen molar-refractivity contribution in [3.8, 4) is 10.6 Å². The Morgan fingerprint density at radius 3 is 2.62 bits per heavy atom. The second-order valence-corrected chi connectivity index (χ2v) is 7.26. The minimum Gasteiger partial charge on any atom is -0.330 e. The van der Waals surface area contributed by atoms with E-state index in [1.807, 2.05) is 29.6 Å². The molecule has 1 unspecified atom stereocenters. The summed E-state index contributed by atoms with van der Waals surface area (Å²) in [5, 5.41) is 5.85. The van der Waals surface area contributed by atoms with Gasteiger partial charge in [0.25, 0.3) is 0 Å². The molecule has 1 saturated carbocycles. The molecule has 124 valence electrons. The molecule has 1 atom stereocenters. The Morgan fingerprint density at radius 2 is 1.96 bits per heavy atom. The van der Waals surface area contributed by atoms with Crippen molar-refractivity contribution in [3.63, 3.8) is 0 Å². The molecule has 2 aliphatic rings. The number of anilines is 1. The smallest absolute Gasteiger partial charge is 0.247 e. The number of carbonyl (C=O) groups excluding carboxylic acids is 2. The third-order valence-electron chi connectivity index (χ3n) is 4.60. The molecule has 1 aromatic heterocycles. The van der Waals surface area contributed by atoms with E-state index in [0.29, 0.717) is 6.54 Å². The van der Waals surface area contributed by atoms with E-state index in [-0.39, 0.29) is 23.8 Å². The van der Waals surface area contributed by atoms with E-state index in [1.54, 1.807) is 22.4 Å². The van der Waals surface area contributed by atoms with Gasteiger partial charge in [0.15, 0.2) is 0 Å². The number of rotatable bonds is 4. The Balaban J connectivity index is 1.42. The van der Waals surface area contributed by atoms with Gasteiger partial charge in [-0.15, -0.1) is 11.3 Å². The molecule has 1 saturated heterocycles. The third-order valence-corrected chi connectivity index (χ3v) is 5.42. The maximum Gasteiger partial charge on any atom is 0.247 e. The van der Waals surface area contributed by atoms with Gasteiger partial charge in [0.1, 0.15) is 11.0 Å². The van der Waals surface area contributed by atoms with Crippen molar-refractivity contribution in [2.75, 3.05) is 11.9 Å². The average Bonchev–Trinajstić information content (AvgIpc) is 3.11. The zero-order chi connectivity index (χ0) is 16.5. The lowest BCUT2D eigenvalue weighted by Gasteiger charge is -2.24. The highest BCUT2D eigenvalue weighted by atomic mass is 32.1. The Hall–Kier alpha value is -2.21. The molecule has 2 fully saturated rings. The number of hydrogen-bond donors (Lipinski definition) is 1. The molecule has 0 spiro atoms. The van der Waals surface area contributed by atoms with Crippen LogP contribution < -0.4 is 5.32 Å². The zero-order valence-electron chi connectivity index (χ0n) is 13.3. The molecule has 2 amide bonds. The van der Waals surface area contributed by atoms with Crippen LogP contribution in [0.5, 0.6) is 0 Å². The fourth-order valence-corrected chi connectivity index (χ4v) is 3.80. The first-order valence-corrected chi connectivity index (χ1v) is 9.21. The van der Waals surface area contributed by atoms with Crippen molar-refractivity contribution in [3.05, 3.63) is 35.8 Å². The number of benzene rings is 1. The lowest BCUT2D eigenvalue weighted by atomic mass is 10.1. The normalized spacial score (nSPS) is 20.2. The molecule has 2 heterocycles. The van der Waals surface area contributed by atoms with Crippen LogP contribution >= 0.6 is 11.3 Å². The molecule has 1 aliphatic heterocycles. The first kappa shape index (κ1) is 15.3. The van der Waals surface area contributed by atoms with Gasteiger partial charge in [0.05, 0.1) is 0 Å². The molecular weight excluding hydrogens is 322 g/mol. The maximum atomic E-state index is 12.6. The quantitative estimate of drug-likeness (QED) is 0.929.